The molecule has 3 aliphatic rings. The minimum Gasteiger partial charge on any atom is -0.381 e. The molecule has 0 bridgehead atoms. The molecule has 0 radical (unpaired) electrons. The van der Waals surface area contributed by atoms with Crippen LogP contribution in [0.1, 0.15) is 50.5 Å². The van der Waals surface area contributed by atoms with Crippen LogP contribution in [0.2, 0.25) is 0 Å². The molecule has 1 spiro atoms. The zero-order chi connectivity index (χ0) is 18.9. The standard InChI is InChI=1S/C23H34N2O2/c1-24(2)23(20-6-4-3-5-7-20)11-9-22(10-12-23)13-14-25(18-22)21(26)16-19-8-15-27-17-19/h3-7,19H,8-18H2,1-2H3. The Morgan fingerprint density at radius 3 is 2.52 bits per heavy atom. The summed E-state index contributed by atoms with van der Waals surface area (Å²) in [6.07, 6.45) is 7.71. The molecule has 4 heteroatoms. The largest absolute Gasteiger partial charge is 0.381 e. The van der Waals surface area contributed by atoms with Crippen molar-refractivity contribution in [2.24, 2.45) is 11.3 Å². The molecule has 0 aromatic heterocycles. The van der Waals surface area contributed by atoms with Crippen molar-refractivity contribution in [3.8, 4) is 0 Å². The van der Waals surface area contributed by atoms with E-state index in [0.29, 0.717) is 23.7 Å². The second-order valence-electron chi connectivity index (χ2n) is 9.29. The van der Waals surface area contributed by atoms with E-state index in [4.69, 9.17) is 4.74 Å². The summed E-state index contributed by atoms with van der Waals surface area (Å²) >= 11 is 0. The molecule has 1 aromatic carbocycles. The molecular weight excluding hydrogens is 336 g/mol. The first-order valence-corrected chi connectivity index (χ1v) is 10.6. The minimum absolute atomic E-state index is 0.144. The minimum atomic E-state index is 0.144. The molecular formula is C23H34N2O2. The second-order valence-corrected chi connectivity index (χ2v) is 9.29. The Morgan fingerprint density at radius 2 is 1.89 bits per heavy atom. The Kier molecular flexibility index (Phi) is 5.30. The molecule has 4 rings (SSSR count). The Bertz CT molecular complexity index is 644. The van der Waals surface area contributed by atoms with Gasteiger partial charge < -0.3 is 9.64 Å². The number of hydrogen-bond acceptors (Lipinski definition) is 3. The summed E-state index contributed by atoms with van der Waals surface area (Å²) in [5, 5.41) is 0. The summed E-state index contributed by atoms with van der Waals surface area (Å²) in [7, 11) is 4.44. The molecule has 0 N–H and O–H groups in total. The van der Waals surface area contributed by atoms with E-state index < -0.39 is 0 Å². The first-order valence-electron chi connectivity index (χ1n) is 10.6. The normalized spacial score (nSPS) is 33.9. The monoisotopic (exact) mass is 370 g/mol. The van der Waals surface area contributed by atoms with Crippen LogP contribution in [0, 0.1) is 11.3 Å². The molecule has 1 aliphatic carbocycles. The van der Waals surface area contributed by atoms with E-state index in [1.165, 1.54) is 37.7 Å². The van der Waals surface area contributed by atoms with E-state index in [9.17, 15) is 4.79 Å². The van der Waals surface area contributed by atoms with Crippen LogP contribution in [0.15, 0.2) is 30.3 Å². The van der Waals surface area contributed by atoms with Crippen LogP contribution in [0.4, 0.5) is 0 Å². The average molecular weight is 371 g/mol. The van der Waals surface area contributed by atoms with Gasteiger partial charge in [-0.3, -0.25) is 9.69 Å². The third kappa shape index (κ3) is 3.66. The number of ether oxygens (including phenoxy) is 1. The third-order valence-corrected chi connectivity index (χ3v) is 7.58. The van der Waals surface area contributed by atoms with Crippen LogP contribution in [0.25, 0.3) is 0 Å². The SMILES string of the molecule is CN(C)C1(c2ccccc2)CCC2(CCN(C(=O)CC3CCOC3)C2)CC1. The van der Waals surface area contributed by atoms with Gasteiger partial charge in [0.15, 0.2) is 0 Å². The topological polar surface area (TPSA) is 32.8 Å². The number of nitrogens with zero attached hydrogens (tertiary/aromatic N) is 2. The number of carbonyl (C=O) groups excluding carboxylic acids is 1. The summed E-state index contributed by atoms with van der Waals surface area (Å²) in [6.45, 7) is 3.52. The Balaban J connectivity index is 1.40. The van der Waals surface area contributed by atoms with Crippen molar-refractivity contribution < 1.29 is 9.53 Å². The van der Waals surface area contributed by atoms with Gasteiger partial charge in [0, 0.05) is 38.3 Å². The van der Waals surface area contributed by atoms with E-state index in [1.807, 2.05) is 0 Å². The lowest BCUT2D eigenvalue weighted by molar-refractivity contribution is -0.131. The van der Waals surface area contributed by atoms with Gasteiger partial charge in [-0.25, -0.2) is 0 Å². The van der Waals surface area contributed by atoms with Crippen molar-refractivity contribution in [1.82, 2.24) is 9.80 Å². The number of likely N-dealkylation sites (tertiary alicyclic amines) is 1. The van der Waals surface area contributed by atoms with Crippen LogP contribution in [-0.4, -0.2) is 56.1 Å². The van der Waals surface area contributed by atoms with E-state index in [2.05, 4.69) is 54.2 Å². The van der Waals surface area contributed by atoms with Gasteiger partial charge in [0.1, 0.15) is 0 Å². The summed E-state index contributed by atoms with van der Waals surface area (Å²) in [4.78, 5) is 17.3. The second kappa shape index (κ2) is 7.56. The Morgan fingerprint density at radius 1 is 1.15 bits per heavy atom. The van der Waals surface area contributed by atoms with Crippen LogP contribution >= 0.6 is 0 Å². The van der Waals surface area contributed by atoms with Crippen LogP contribution in [-0.2, 0) is 15.1 Å². The first-order chi connectivity index (χ1) is 13.0. The summed E-state index contributed by atoms with van der Waals surface area (Å²) in [5.41, 5.74) is 1.93. The van der Waals surface area contributed by atoms with Gasteiger partial charge in [0.25, 0.3) is 0 Å². The average Bonchev–Trinajstić information content (AvgIpc) is 3.34. The lowest BCUT2D eigenvalue weighted by Gasteiger charge is -2.49. The van der Waals surface area contributed by atoms with E-state index in [1.54, 1.807) is 0 Å². The number of carbonyl (C=O) groups is 1. The van der Waals surface area contributed by atoms with E-state index in [0.717, 1.165) is 32.7 Å². The highest BCUT2D eigenvalue weighted by atomic mass is 16.5. The Labute approximate surface area is 163 Å². The van der Waals surface area contributed by atoms with Crippen LogP contribution in [0.3, 0.4) is 0 Å². The molecule has 27 heavy (non-hydrogen) atoms. The molecule has 2 saturated heterocycles. The molecule has 2 aliphatic heterocycles. The highest BCUT2D eigenvalue weighted by Crippen LogP contribution is 2.51. The number of hydrogen-bond donors (Lipinski definition) is 0. The smallest absolute Gasteiger partial charge is 0.222 e. The van der Waals surface area contributed by atoms with Crippen LogP contribution < -0.4 is 0 Å². The molecule has 2 heterocycles. The summed E-state index contributed by atoms with van der Waals surface area (Å²) in [5.74, 6) is 0.801. The third-order valence-electron chi connectivity index (χ3n) is 7.58. The maximum absolute atomic E-state index is 12.7. The molecule has 1 amide bonds. The number of amides is 1. The highest BCUT2D eigenvalue weighted by Gasteiger charge is 2.48. The fraction of sp³-hybridized carbons (Fsp3) is 0.696. The molecule has 1 atom stereocenters. The van der Waals surface area contributed by atoms with Crippen molar-refractivity contribution in [1.29, 1.82) is 0 Å². The predicted octanol–water partition coefficient (Wildman–Crippen LogP) is 3.66. The number of benzene rings is 1. The van der Waals surface area contributed by atoms with E-state index in [-0.39, 0.29) is 5.54 Å². The van der Waals surface area contributed by atoms with Crippen molar-refractivity contribution >= 4 is 5.91 Å². The van der Waals surface area contributed by atoms with Gasteiger partial charge in [-0.1, -0.05) is 30.3 Å². The lowest BCUT2D eigenvalue weighted by Crippen LogP contribution is -2.47. The van der Waals surface area contributed by atoms with Gasteiger partial charge in [-0.05, 0) is 69.5 Å². The molecule has 1 unspecified atom stereocenters. The zero-order valence-electron chi connectivity index (χ0n) is 17.0. The zero-order valence-corrected chi connectivity index (χ0v) is 17.0. The summed E-state index contributed by atoms with van der Waals surface area (Å²) in [6, 6.07) is 11.0. The van der Waals surface area contributed by atoms with Crippen LogP contribution in [0.5, 0.6) is 0 Å². The maximum atomic E-state index is 12.7. The first kappa shape index (κ1) is 18.9. The van der Waals surface area contributed by atoms with Gasteiger partial charge in [-0.2, -0.15) is 0 Å². The Hall–Kier alpha value is -1.39. The van der Waals surface area contributed by atoms with Gasteiger partial charge in [-0.15, -0.1) is 0 Å². The summed E-state index contributed by atoms with van der Waals surface area (Å²) < 4.78 is 5.44. The van der Waals surface area contributed by atoms with E-state index >= 15 is 0 Å². The molecule has 4 nitrogen and oxygen atoms in total. The molecule has 1 aromatic rings. The van der Waals surface area contributed by atoms with Gasteiger partial charge in [0.05, 0.1) is 0 Å². The van der Waals surface area contributed by atoms with Crippen molar-refractivity contribution in [2.45, 2.75) is 50.5 Å². The quantitative estimate of drug-likeness (QED) is 0.811. The molecule has 3 fully saturated rings. The fourth-order valence-corrected chi connectivity index (χ4v) is 5.61. The van der Waals surface area contributed by atoms with Crippen molar-refractivity contribution in [3.63, 3.8) is 0 Å². The molecule has 148 valence electrons. The van der Waals surface area contributed by atoms with Crippen molar-refractivity contribution in [3.05, 3.63) is 35.9 Å². The van der Waals surface area contributed by atoms with Crippen molar-refractivity contribution in [2.75, 3.05) is 40.4 Å². The van der Waals surface area contributed by atoms with Gasteiger partial charge >= 0.3 is 0 Å². The highest BCUT2D eigenvalue weighted by molar-refractivity contribution is 5.76. The lowest BCUT2D eigenvalue weighted by atomic mass is 9.64. The fourth-order valence-electron chi connectivity index (χ4n) is 5.61. The predicted molar refractivity (Wildman–Crippen MR) is 107 cm³/mol. The maximum Gasteiger partial charge on any atom is 0.222 e. The van der Waals surface area contributed by atoms with Gasteiger partial charge in [0.2, 0.25) is 5.91 Å². The molecule has 1 saturated carbocycles. The number of rotatable bonds is 4.